The van der Waals surface area contributed by atoms with Crippen LogP contribution in [-0.2, 0) is 0 Å². The van der Waals surface area contributed by atoms with Crippen LogP contribution in [0.3, 0.4) is 0 Å². The van der Waals surface area contributed by atoms with E-state index in [1.807, 2.05) is 0 Å². The fourth-order valence-corrected chi connectivity index (χ4v) is 4.03. The van der Waals surface area contributed by atoms with Crippen LogP contribution in [0.4, 0.5) is 0 Å². The molecule has 1 N–H and O–H groups in total. The summed E-state index contributed by atoms with van der Waals surface area (Å²) >= 11 is 0. The molecule has 19 heavy (non-hydrogen) atoms. The van der Waals surface area contributed by atoms with E-state index in [1.165, 1.54) is 77.4 Å². The minimum Gasteiger partial charge on any atom is -0.313 e. The van der Waals surface area contributed by atoms with Crippen LogP contribution in [0.25, 0.3) is 0 Å². The van der Waals surface area contributed by atoms with Gasteiger partial charge in [0.2, 0.25) is 0 Å². The second-order valence-corrected chi connectivity index (χ2v) is 6.78. The summed E-state index contributed by atoms with van der Waals surface area (Å²) in [7, 11) is 0. The van der Waals surface area contributed by atoms with Crippen molar-refractivity contribution in [3.05, 3.63) is 0 Å². The third-order valence-corrected chi connectivity index (χ3v) is 5.29. The minimum absolute atomic E-state index is 0.756. The van der Waals surface area contributed by atoms with Gasteiger partial charge in [0.05, 0.1) is 0 Å². The maximum atomic E-state index is 3.72. The number of hydrogen-bond donors (Lipinski definition) is 1. The van der Waals surface area contributed by atoms with Gasteiger partial charge < -0.3 is 5.32 Å². The fourth-order valence-electron chi connectivity index (χ4n) is 4.03. The zero-order valence-electron chi connectivity index (χ0n) is 13.2. The lowest BCUT2D eigenvalue weighted by atomic mass is 9.83. The van der Waals surface area contributed by atoms with Crippen molar-refractivity contribution < 1.29 is 0 Å². The predicted molar refractivity (Wildman–Crippen MR) is 83.5 cm³/mol. The van der Waals surface area contributed by atoms with E-state index >= 15 is 0 Å². The Hall–Kier alpha value is -0.0800. The molecular weight excluding hydrogens is 232 g/mol. The second-order valence-electron chi connectivity index (χ2n) is 6.78. The predicted octanol–water partition coefficient (Wildman–Crippen LogP) is 3.81. The molecule has 2 atom stereocenters. The Bertz CT molecular complexity index is 229. The van der Waals surface area contributed by atoms with Crippen LogP contribution in [0.5, 0.6) is 0 Å². The summed E-state index contributed by atoms with van der Waals surface area (Å²) < 4.78 is 0. The first-order valence-electron chi connectivity index (χ1n) is 8.78. The number of piperidine rings is 1. The van der Waals surface area contributed by atoms with Gasteiger partial charge in [-0.1, -0.05) is 32.6 Å². The molecule has 2 nitrogen and oxygen atoms in total. The average molecular weight is 266 g/mol. The third-order valence-electron chi connectivity index (χ3n) is 5.29. The molecule has 0 spiro atoms. The minimum atomic E-state index is 0.756. The first-order valence-corrected chi connectivity index (χ1v) is 8.78. The first kappa shape index (κ1) is 15.3. The zero-order chi connectivity index (χ0) is 13.5. The monoisotopic (exact) mass is 266 g/mol. The smallest absolute Gasteiger partial charge is 0.0195 e. The molecule has 2 unspecified atom stereocenters. The maximum absolute atomic E-state index is 3.72. The van der Waals surface area contributed by atoms with E-state index in [0.29, 0.717) is 0 Å². The molecule has 2 rings (SSSR count). The summed E-state index contributed by atoms with van der Waals surface area (Å²) in [5.74, 6) is 0.962. The summed E-state index contributed by atoms with van der Waals surface area (Å²) in [6, 6.07) is 1.55. The number of rotatable bonds is 6. The Kier molecular flexibility index (Phi) is 6.66. The Morgan fingerprint density at radius 3 is 2.42 bits per heavy atom. The molecule has 112 valence electrons. The summed E-state index contributed by atoms with van der Waals surface area (Å²) in [5, 5.41) is 3.72. The standard InChI is InChI=1S/C17H34N2/c1-3-13-19(14-17-11-7-8-12-18-17)15(2)16-9-5-4-6-10-16/h15-18H,3-14H2,1-2H3. The highest BCUT2D eigenvalue weighted by Crippen LogP contribution is 2.29. The van der Waals surface area contributed by atoms with E-state index in [-0.39, 0.29) is 0 Å². The van der Waals surface area contributed by atoms with Crippen molar-refractivity contribution >= 4 is 0 Å². The van der Waals surface area contributed by atoms with Gasteiger partial charge in [-0.25, -0.2) is 0 Å². The quantitative estimate of drug-likeness (QED) is 0.786. The van der Waals surface area contributed by atoms with Gasteiger partial charge in [-0.15, -0.1) is 0 Å². The molecule has 1 heterocycles. The molecule has 1 aliphatic carbocycles. The van der Waals surface area contributed by atoms with E-state index < -0.39 is 0 Å². The van der Waals surface area contributed by atoms with Crippen LogP contribution in [0.15, 0.2) is 0 Å². The molecule has 2 heteroatoms. The molecular formula is C17H34N2. The third kappa shape index (κ3) is 4.75. The van der Waals surface area contributed by atoms with E-state index in [2.05, 4.69) is 24.1 Å². The summed E-state index contributed by atoms with van der Waals surface area (Å²) in [5.41, 5.74) is 0. The van der Waals surface area contributed by atoms with Gasteiger partial charge in [-0.05, 0) is 58.0 Å². The van der Waals surface area contributed by atoms with Gasteiger partial charge in [-0.2, -0.15) is 0 Å². The molecule has 1 saturated carbocycles. The Labute approximate surface area is 120 Å². The molecule has 2 aliphatic rings. The molecule has 0 aromatic rings. The molecule has 0 radical (unpaired) electrons. The van der Waals surface area contributed by atoms with E-state index in [1.54, 1.807) is 0 Å². The highest BCUT2D eigenvalue weighted by molar-refractivity contribution is 4.83. The Morgan fingerprint density at radius 2 is 1.79 bits per heavy atom. The Balaban J connectivity index is 1.85. The van der Waals surface area contributed by atoms with Gasteiger partial charge in [0, 0.05) is 18.6 Å². The van der Waals surface area contributed by atoms with Gasteiger partial charge in [0.1, 0.15) is 0 Å². The van der Waals surface area contributed by atoms with Crippen LogP contribution in [-0.4, -0.2) is 36.6 Å². The molecule has 0 aromatic carbocycles. The van der Waals surface area contributed by atoms with Crippen molar-refractivity contribution in [3.8, 4) is 0 Å². The van der Waals surface area contributed by atoms with Crippen molar-refractivity contribution in [1.29, 1.82) is 0 Å². The van der Waals surface area contributed by atoms with Crippen molar-refractivity contribution in [2.24, 2.45) is 5.92 Å². The van der Waals surface area contributed by atoms with Crippen molar-refractivity contribution in [1.82, 2.24) is 10.2 Å². The van der Waals surface area contributed by atoms with Crippen molar-refractivity contribution in [3.63, 3.8) is 0 Å². The molecule has 1 saturated heterocycles. The zero-order valence-corrected chi connectivity index (χ0v) is 13.2. The Morgan fingerprint density at radius 1 is 1.05 bits per heavy atom. The topological polar surface area (TPSA) is 15.3 Å². The lowest BCUT2D eigenvalue weighted by molar-refractivity contribution is 0.112. The maximum Gasteiger partial charge on any atom is 0.0195 e. The average Bonchev–Trinajstić information content (AvgIpc) is 2.48. The van der Waals surface area contributed by atoms with Crippen LogP contribution in [0, 0.1) is 5.92 Å². The van der Waals surface area contributed by atoms with Crippen LogP contribution >= 0.6 is 0 Å². The lowest BCUT2D eigenvalue weighted by Crippen LogP contribution is -2.49. The number of nitrogens with zero attached hydrogens (tertiary/aromatic N) is 1. The van der Waals surface area contributed by atoms with E-state index in [4.69, 9.17) is 0 Å². The fraction of sp³-hybridized carbons (Fsp3) is 1.00. The van der Waals surface area contributed by atoms with E-state index in [0.717, 1.165) is 18.0 Å². The van der Waals surface area contributed by atoms with Gasteiger partial charge in [-0.3, -0.25) is 4.90 Å². The normalized spacial score (nSPS) is 27.6. The highest BCUT2D eigenvalue weighted by Gasteiger charge is 2.26. The molecule has 0 bridgehead atoms. The van der Waals surface area contributed by atoms with Crippen LogP contribution in [0.2, 0.25) is 0 Å². The van der Waals surface area contributed by atoms with Crippen LogP contribution < -0.4 is 5.32 Å². The molecule has 0 amide bonds. The second kappa shape index (κ2) is 8.26. The number of nitrogens with one attached hydrogen (secondary N) is 1. The summed E-state index contributed by atoms with van der Waals surface area (Å²) in [4.78, 5) is 2.79. The molecule has 1 aliphatic heterocycles. The molecule has 0 aromatic heterocycles. The van der Waals surface area contributed by atoms with Crippen molar-refractivity contribution in [2.75, 3.05) is 19.6 Å². The van der Waals surface area contributed by atoms with Gasteiger partial charge in [0.25, 0.3) is 0 Å². The summed E-state index contributed by atoms with van der Waals surface area (Å²) in [6.07, 6.45) is 12.8. The lowest BCUT2D eigenvalue weighted by Gasteiger charge is -2.39. The van der Waals surface area contributed by atoms with Gasteiger partial charge >= 0.3 is 0 Å². The van der Waals surface area contributed by atoms with Gasteiger partial charge in [0.15, 0.2) is 0 Å². The number of hydrogen-bond acceptors (Lipinski definition) is 2. The first-order chi connectivity index (χ1) is 9.31. The highest BCUT2D eigenvalue weighted by atomic mass is 15.2. The van der Waals surface area contributed by atoms with Crippen molar-refractivity contribution in [2.45, 2.75) is 83.7 Å². The summed E-state index contributed by atoms with van der Waals surface area (Å²) in [6.45, 7) is 8.63. The largest absolute Gasteiger partial charge is 0.313 e. The van der Waals surface area contributed by atoms with Crippen LogP contribution in [0.1, 0.15) is 71.6 Å². The molecule has 2 fully saturated rings. The van der Waals surface area contributed by atoms with E-state index in [9.17, 15) is 0 Å². The SMILES string of the molecule is CCCN(CC1CCCCN1)C(C)C1CCCCC1.